The second kappa shape index (κ2) is 4.57. The van der Waals surface area contributed by atoms with Gasteiger partial charge in [-0.25, -0.2) is 0 Å². The van der Waals surface area contributed by atoms with Crippen LogP contribution in [-0.2, 0) is 17.9 Å². The summed E-state index contributed by atoms with van der Waals surface area (Å²) in [6.45, 7) is 5.76. The van der Waals surface area contributed by atoms with Crippen molar-refractivity contribution < 1.29 is 4.74 Å². The average Bonchev–Trinajstić information content (AvgIpc) is 2.86. The number of hydrogen-bond acceptors (Lipinski definition) is 3. The molecule has 1 aliphatic rings. The topological polar surface area (TPSA) is 39.1 Å². The maximum absolute atomic E-state index is 5.73. The van der Waals surface area contributed by atoms with Crippen molar-refractivity contribution in [2.24, 2.45) is 0 Å². The summed E-state index contributed by atoms with van der Waals surface area (Å²) in [4.78, 5) is 0. The quantitative estimate of drug-likeness (QED) is 0.771. The van der Waals surface area contributed by atoms with Gasteiger partial charge in [-0.1, -0.05) is 0 Å². The zero-order valence-electron chi connectivity index (χ0n) is 8.57. The SMILES string of the molecule is CCn1cc(CO[C@H]2CCNC2)cn1. The van der Waals surface area contributed by atoms with Crippen LogP contribution in [0.25, 0.3) is 0 Å². The molecule has 1 aromatic heterocycles. The van der Waals surface area contributed by atoms with E-state index in [1.807, 2.05) is 17.1 Å². The summed E-state index contributed by atoms with van der Waals surface area (Å²) in [7, 11) is 0. The predicted octanol–water partition coefficient (Wildman–Crippen LogP) is 0.781. The van der Waals surface area contributed by atoms with Gasteiger partial charge in [0, 0.05) is 24.8 Å². The molecule has 0 saturated carbocycles. The monoisotopic (exact) mass is 195 g/mol. The minimum Gasteiger partial charge on any atom is -0.372 e. The maximum atomic E-state index is 5.73. The third kappa shape index (κ3) is 2.33. The summed E-state index contributed by atoms with van der Waals surface area (Å²) in [5, 5.41) is 7.48. The molecule has 14 heavy (non-hydrogen) atoms. The number of ether oxygens (including phenoxy) is 1. The molecule has 0 unspecified atom stereocenters. The second-order valence-corrected chi connectivity index (χ2v) is 3.63. The van der Waals surface area contributed by atoms with Crippen molar-refractivity contribution in [3.63, 3.8) is 0 Å². The molecule has 1 aliphatic heterocycles. The molecule has 4 nitrogen and oxygen atoms in total. The summed E-state index contributed by atoms with van der Waals surface area (Å²) in [6.07, 6.45) is 5.44. The predicted molar refractivity (Wildman–Crippen MR) is 54.0 cm³/mol. The van der Waals surface area contributed by atoms with Gasteiger partial charge in [-0.05, 0) is 19.9 Å². The standard InChI is InChI=1S/C10H17N3O/c1-2-13-7-9(5-12-13)8-14-10-3-4-11-6-10/h5,7,10-11H,2-4,6,8H2,1H3/t10-/m0/s1. The van der Waals surface area contributed by atoms with Crippen LogP contribution in [0.5, 0.6) is 0 Å². The van der Waals surface area contributed by atoms with E-state index in [2.05, 4.69) is 17.3 Å². The van der Waals surface area contributed by atoms with Crippen molar-refractivity contribution in [2.75, 3.05) is 13.1 Å². The molecule has 1 aromatic rings. The molecule has 4 heteroatoms. The van der Waals surface area contributed by atoms with Crippen LogP contribution in [0.15, 0.2) is 12.4 Å². The fourth-order valence-corrected chi connectivity index (χ4v) is 1.64. The third-order valence-corrected chi connectivity index (χ3v) is 2.51. The Bertz CT molecular complexity index is 279. The first-order valence-corrected chi connectivity index (χ1v) is 5.22. The Hall–Kier alpha value is -0.870. The molecular weight excluding hydrogens is 178 g/mol. The normalized spacial score (nSPS) is 21.6. The van der Waals surface area contributed by atoms with Gasteiger partial charge >= 0.3 is 0 Å². The highest BCUT2D eigenvalue weighted by molar-refractivity contribution is 5.01. The number of rotatable bonds is 4. The lowest BCUT2D eigenvalue weighted by molar-refractivity contribution is 0.0542. The Labute approximate surface area is 84.3 Å². The lowest BCUT2D eigenvalue weighted by atomic mass is 10.3. The molecule has 2 rings (SSSR count). The fourth-order valence-electron chi connectivity index (χ4n) is 1.64. The summed E-state index contributed by atoms with van der Waals surface area (Å²) < 4.78 is 7.65. The Morgan fingerprint density at radius 2 is 2.64 bits per heavy atom. The number of hydrogen-bond donors (Lipinski definition) is 1. The molecule has 0 aliphatic carbocycles. The van der Waals surface area contributed by atoms with E-state index in [9.17, 15) is 0 Å². The molecule has 0 radical (unpaired) electrons. The molecular formula is C10H17N3O. The van der Waals surface area contributed by atoms with E-state index < -0.39 is 0 Å². The van der Waals surface area contributed by atoms with Gasteiger partial charge in [-0.2, -0.15) is 5.10 Å². The van der Waals surface area contributed by atoms with E-state index in [4.69, 9.17) is 4.74 Å². The number of aryl methyl sites for hydroxylation is 1. The molecule has 1 N–H and O–H groups in total. The van der Waals surface area contributed by atoms with Gasteiger partial charge in [0.2, 0.25) is 0 Å². The van der Waals surface area contributed by atoms with Crippen molar-refractivity contribution in [3.8, 4) is 0 Å². The van der Waals surface area contributed by atoms with Gasteiger partial charge in [-0.3, -0.25) is 4.68 Å². The smallest absolute Gasteiger partial charge is 0.0751 e. The zero-order valence-corrected chi connectivity index (χ0v) is 8.57. The van der Waals surface area contributed by atoms with Crippen molar-refractivity contribution in [3.05, 3.63) is 18.0 Å². The van der Waals surface area contributed by atoms with E-state index in [1.165, 1.54) is 5.56 Å². The second-order valence-electron chi connectivity index (χ2n) is 3.63. The highest BCUT2D eigenvalue weighted by atomic mass is 16.5. The molecule has 0 spiro atoms. The molecule has 0 aromatic carbocycles. The summed E-state index contributed by atoms with van der Waals surface area (Å²) >= 11 is 0. The van der Waals surface area contributed by atoms with E-state index >= 15 is 0 Å². The minimum atomic E-state index is 0.389. The van der Waals surface area contributed by atoms with Gasteiger partial charge in [0.25, 0.3) is 0 Å². The molecule has 2 heterocycles. The van der Waals surface area contributed by atoms with Crippen molar-refractivity contribution >= 4 is 0 Å². The van der Waals surface area contributed by atoms with Crippen LogP contribution in [-0.4, -0.2) is 29.0 Å². The zero-order chi connectivity index (χ0) is 9.80. The average molecular weight is 195 g/mol. The Morgan fingerprint density at radius 1 is 1.71 bits per heavy atom. The lowest BCUT2D eigenvalue weighted by Gasteiger charge is -2.08. The van der Waals surface area contributed by atoms with Crippen LogP contribution >= 0.6 is 0 Å². The van der Waals surface area contributed by atoms with Crippen molar-refractivity contribution in [1.29, 1.82) is 0 Å². The third-order valence-electron chi connectivity index (χ3n) is 2.51. The minimum absolute atomic E-state index is 0.389. The van der Waals surface area contributed by atoms with E-state index in [-0.39, 0.29) is 0 Å². The summed E-state index contributed by atoms with van der Waals surface area (Å²) in [6, 6.07) is 0. The first-order chi connectivity index (χ1) is 6.88. The molecule has 78 valence electrons. The fraction of sp³-hybridized carbons (Fsp3) is 0.700. The van der Waals surface area contributed by atoms with Crippen LogP contribution < -0.4 is 5.32 Å². The first kappa shape index (κ1) is 9.68. The maximum Gasteiger partial charge on any atom is 0.0751 e. The number of nitrogens with zero attached hydrogens (tertiary/aromatic N) is 2. The molecule has 0 bridgehead atoms. The molecule has 1 fully saturated rings. The highest BCUT2D eigenvalue weighted by Gasteiger charge is 2.14. The summed E-state index contributed by atoms with van der Waals surface area (Å²) in [5.41, 5.74) is 1.17. The lowest BCUT2D eigenvalue weighted by Crippen LogP contribution is -2.16. The van der Waals surface area contributed by atoms with Crippen LogP contribution in [0, 0.1) is 0 Å². The van der Waals surface area contributed by atoms with Crippen molar-refractivity contribution in [2.45, 2.75) is 32.6 Å². The largest absolute Gasteiger partial charge is 0.372 e. The Balaban J connectivity index is 1.79. The molecule has 0 amide bonds. The van der Waals surface area contributed by atoms with E-state index in [1.54, 1.807) is 0 Å². The van der Waals surface area contributed by atoms with Crippen LogP contribution in [0.1, 0.15) is 18.9 Å². The van der Waals surface area contributed by atoms with Crippen molar-refractivity contribution in [1.82, 2.24) is 15.1 Å². The van der Waals surface area contributed by atoms with E-state index in [0.717, 1.165) is 26.1 Å². The van der Waals surface area contributed by atoms with Gasteiger partial charge < -0.3 is 10.1 Å². The molecule has 1 atom stereocenters. The number of aromatic nitrogens is 2. The van der Waals surface area contributed by atoms with Gasteiger partial charge in [-0.15, -0.1) is 0 Å². The van der Waals surface area contributed by atoms with Gasteiger partial charge in [0.05, 0.1) is 18.9 Å². The van der Waals surface area contributed by atoms with E-state index in [0.29, 0.717) is 12.7 Å². The first-order valence-electron chi connectivity index (χ1n) is 5.22. The molecule has 1 saturated heterocycles. The van der Waals surface area contributed by atoms with Crippen LogP contribution in [0.3, 0.4) is 0 Å². The van der Waals surface area contributed by atoms with Gasteiger partial charge in [0.15, 0.2) is 0 Å². The number of nitrogens with one attached hydrogen (secondary N) is 1. The van der Waals surface area contributed by atoms with Crippen LogP contribution in [0.2, 0.25) is 0 Å². The highest BCUT2D eigenvalue weighted by Crippen LogP contribution is 2.07. The Kier molecular flexibility index (Phi) is 3.16. The Morgan fingerprint density at radius 3 is 3.29 bits per heavy atom. The van der Waals surface area contributed by atoms with Gasteiger partial charge in [0.1, 0.15) is 0 Å². The van der Waals surface area contributed by atoms with Crippen LogP contribution in [0.4, 0.5) is 0 Å². The summed E-state index contributed by atoms with van der Waals surface area (Å²) in [5.74, 6) is 0.